The zero-order chi connectivity index (χ0) is 24.2. The van der Waals surface area contributed by atoms with Gasteiger partial charge in [0.1, 0.15) is 23.5 Å². The van der Waals surface area contributed by atoms with Crippen molar-refractivity contribution in [2.75, 3.05) is 26.2 Å². The summed E-state index contributed by atoms with van der Waals surface area (Å²) in [6.07, 6.45) is 2.35. The van der Waals surface area contributed by atoms with E-state index in [9.17, 15) is 8.78 Å². The van der Waals surface area contributed by atoms with Crippen molar-refractivity contribution in [3.8, 4) is 5.75 Å². The number of nitrogens with one attached hydrogen (secondary N) is 1. The summed E-state index contributed by atoms with van der Waals surface area (Å²) in [6.45, 7) is 14.1. The predicted molar refractivity (Wildman–Crippen MR) is 134 cm³/mol. The number of rotatable bonds is 6. The molecule has 0 spiro atoms. The fourth-order valence-corrected chi connectivity index (χ4v) is 5.01. The van der Waals surface area contributed by atoms with E-state index in [-0.39, 0.29) is 11.9 Å². The molecule has 0 saturated carbocycles. The molecule has 0 bridgehead atoms. The number of H-pyrrole nitrogens is 1. The normalized spacial score (nSPS) is 19.0. The van der Waals surface area contributed by atoms with Crippen LogP contribution in [-0.4, -0.2) is 53.1 Å². The molecule has 1 saturated heterocycles. The lowest BCUT2D eigenvalue weighted by atomic mass is 9.97. The topological polar surface area (TPSA) is 31.5 Å². The lowest BCUT2D eigenvalue weighted by molar-refractivity contribution is 0.0199. The molecule has 34 heavy (non-hydrogen) atoms. The predicted octanol–water partition coefficient (Wildman–Crippen LogP) is 6.01. The zero-order valence-electron chi connectivity index (χ0n) is 20.8. The van der Waals surface area contributed by atoms with Gasteiger partial charge in [-0.25, -0.2) is 8.78 Å². The molecule has 184 valence electrons. The van der Waals surface area contributed by atoms with E-state index in [1.54, 1.807) is 0 Å². The van der Waals surface area contributed by atoms with E-state index < -0.39 is 11.6 Å². The van der Waals surface area contributed by atoms with Crippen molar-refractivity contribution in [1.82, 2.24) is 14.8 Å². The Kier molecular flexibility index (Phi) is 7.89. The first-order chi connectivity index (χ1) is 16.3. The molecule has 3 heterocycles. The van der Waals surface area contributed by atoms with Gasteiger partial charge in [-0.15, -0.1) is 0 Å². The molecule has 0 amide bonds. The molecule has 1 aromatic heterocycles. The Morgan fingerprint density at radius 2 is 1.79 bits per heavy atom. The minimum Gasteiger partial charge on any atom is -0.488 e. The first-order valence-corrected chi connectivity index (χ1v) is 12.5. The van der Waals surface area contributed by atoms with E-state index >= 15 is 0 Å². The third kappa shape index (κ3) is 5.97. The van der Waals surface area contributed by atoms with E-state index in [2.05, 4.69) is 66.7 Å². The lowest BCUT2D eigenvalue weighted by Gasteiger charge is -2.38. The minimum atomic E-state index is -0.597. The highest BCUT2D eigenvalue weighted by atomic mass is 19.1. The van der Waals surface area contributed by atoms with Gasteiger partial charge < -0.3 is 9.72 Å². The van der Waals surface area contributed by atoms with Crippen LogP contribution in [0, 0.1) is 17.6 Å². The molecule has 1 fully saturated rings. The van der Waals surface area contributed by atoms with Crippen molar-refractivity contribution in [2.24, 2.45) is 5.92 Å². The summed E-state index contributed by atoms with van der Waals surface area (Å²) in [7, 11) is 0. The van der Waals surface area contributed by atoms with Crippen LogP contribution in [-0.2, 0) is 13.0 Å². The number of ether oxygens (including phenoxy) is 1. The van der Waals surface area contributed by atoms with Gasteiger partial charge in [-0.2, -0.15) is 0 Å². The number of nitrogens with zero attached hydrogens (tertiary/aromatic N) is 2. The highest BCUT2D eigenvalue weighted by Gasteiger charge is 2.28. The molecule has 0 radical (unpaired) electrons. The molecular weight excluding hydrogens is 432 g/mol. The first-order valence-electron chi connectivity index (χ1n) is 12.5. The summed E-state index contributed by atoms with van der Waals surface area (Å²) < 4.78 is 31.2. The average Bonchev–Trinajstić information content (AvgIpc) is 3.09. The number of aromatic amines is 1. The van der Waals surface area contributed by atoms with Gasteiger partial charge in [0.05, 0.1) is 0 Å². The Hall–Kier alpha value is -2.44. The first kappa shape index (κ1) is 24.7. The van der Waals surface area contributed by atoms with E-state index in [4.69, 9.17) is 4.74 Å². The second-order valence-electron chi connectivity index (χ2n) is 10.1. The van der Waals surface area contributed by atoms with Crippen LogP contribution in [0.25, 0.3) is 10.9 Å². The van der Waals surface area contributed by atoms with Crippen molar-refractivity contribution in [3.63, 3.8) is 0 Å². The van der Waals surface area contributed by atoms with Crippen molar-refractivity contribution >= 4 is 10.9 Å². The second-order valence-corrected chi connectivity index (χ2v) is 10.1. The number of hydrogen-bond acceptors (Lipinski definition) is 3. The van der Waals surface area contributed by atoms with Gasteiger partial charge in [0.2, 0.25) is 0 Å². The van der Waals surface area contributed by atoms with Crippen LogP contribution in [0.3, 0.4) is 0 Å². The van der Waals surface area contributed by atoms with Gasteiger partial charge in [-0.1, -0.05) is 39.0 Å². The summed E-state index contributed by atoms with van der Waals surface area (Å²) in [4.78, 5) is 8.45. The Balaban J connectivity index is 0.000000162. The quantitative estimate of drug-likeness (QED) is 0.480. The molecular formula is C28H37F2N3O. The maximum absolute atomic E-state index is 12.9. The third-order valence-corrected chi connectivity index (χ3v) is 6.59. The van der Waals surface area contributed by atoms with E-state index in [1.165, 1.54) is 47.3 Å². The maximum Gasteiger partial charge on any atom is 0.129 e. The molecule has 1 atom stereocenters. The number of aromatic nitrogens is 1. The Labute approximate surface area is 201 Å². The Morgan fingerprint density at radius 3 is 2.47 bits per heavy atom. The highest BCUT2D eigenvalue weighted by Crippen LogP contribution is 2.30. The average molecular weight is 470 g/mol. The molecule has 2 aliphatic rings. The largest absolute Gasteiger partial charge is 0.488 e. The summed E-state index contributed by atoms with van der Waals surface area (Å²) in [6, 6.07) is 12.6. The molecule has 5 rings (SSSR count). The van der Waals surface area contributed by atoms with Gasteiger partial charge in [0, 0.05) is 67.0 Å². The van der Waals surface area contributed by atoms with Crippen LogP contribution in [0.5, 0.6) is 5.75 Å². The van der Waals surface area contributed by atoms with Crippen LogP contribution < -0.4 is 4.74 Å². The standard InChI is InChI=1S/C16H22N2.C12H15F2NO/c1-11(2)9-18-10-16-14(8-12(18)3)13-6-4-5-7-15(13)17-16;1-2-3-15-7-12(8-15)16-11-5-9(13)4-10(14)6-11/h4-7,11-12,17H,8-10H2,1-3H3;4-6,12H,2-3,7-8H2,1H3/t12-;/m1./s1. The summed E-state index contributed by atoms with van der Waals surface area (Å²) in [5, 5.41) is 1.42. The van der Waals surface area contributed by atoms with Crippen LogP contribution in [0.15, 0.2) is 42.5 Å². The molecule has 0 unspecified atom stereocenters. The second kappa shape index (κ2) is 10.9. The number of para-hydroxylation sites is 1. The molecule has 0 aliphatic carbocycles. The minimum absolute atomic E-state index is 0.0627. The molecule has 2 aliphatic heterocycles. The van der Waals surface area contributed by atoms with E-state index in [0.717, 1.165) is 44.6 Å². The number of fused-ring (bicyclic) bond motifs is 3. The number of benzene rings is 2. The third-order valence-electron chi connectivity index (χ3n) is 6.59. The van der Waals surface area contributed by atoms with Crippen LogP contribution >= 0.6 is 0 Å². The zero-order valence-corrected chi connectivity index (χ0v) is 20.8. The number of likely N-dealkylation sites (tertiary alicyclic amines) is 1. The van der Waals surface area contributed by atoms with Crippen molar-refractivity contribution in [1.29, 1.82) is 0 Å². The smallest absolute Gasteiger partial charge is 0.129 e. The van der Waals surface area contributed by atoms with Gasteiger partial charge in [-0.05, 0) is 43.9 Å². The lowest BCUT2D eigenvalue weighted by Crippen LogP contribution is -2.53. The molecule has 2 aromatic carbocycles. The highest BCUT2D eigenvalue weighted by molar-refractivity contribution is 5.84. The van der Waals surface area contributed by atoms with Crippen molar-refractivity contribution < 1.29 is 13.5 Å². The Bertz CT molecular complexity index is 1070. The maximum atomic E-state index is 12.9. The van der Waals surface area contributed by atoms with Crippen LogP contribution in [0.2, 0.25) is 0 Å². The van der Waals surface area contributed by atoms with Crippen LogP contribution in [0.1, 0.15) is 45.4 Å². The van der Waals surface area contributed by atoms with Crippen molar-refractivity contribution in [3.05, 3.63) is 65.4 Å². The monoisotopic (exact) mass is 469 g/mol. The van der Waals surface area contributed by atoms with Crippen molar-refractivity contribution in [2.45, 2.75) is 59.2 Å². The summed E-state index contributed by atoms with van der Waals surface area (Å²) >= 11 is 0. The van der Waals surface area contributed by atoms with Crippen LogP contribution in [0.4, 0.5) is 8.78 Å². The van der Waals surface area contributed by atoms with Gasteiger partial charge in [0.25, 0.3) is 0 Å². The van der Waals surface area contributed by atoms with Gasteiger partial charge >= 0.3 is 0 Å². The SMILES string of the molecule is CC(C)CN1Cc2[nH]c3ccccc3c2C[C@H]1C.CCCN1CC(Oc2cc(F)cc(F)c2)C1. The fourth-order valence-electron chi connectivity index (χ4n) is 5.01. The number of halogens is 2. The Morgan fingerprint density at radius 1 is 1.09 bits per heavy atom. The molecule has 3 aromatic rings. The van der Waals surface area contributed by atoms with Gasteiger partial charge in [0.15, 0.2) is 0 Å². The molecule has 6 heteroatoms. The van der Waals surface area contributed by atoms with Gasteiger partial charge in [-0.3, -0.25) is 9.80 Å². The summed E-state index contributed by atoms with van der Waals surface area (Å²) in [5.74, 6) is -0.184. The molecule has 4 nitrogen and oxygen atoms in total. The molecule has 1 N–H and O–H groups in total. The van der Waals surface area contributed by atoms with E-state index in [0.29, 0.717) is 6.04 Å². The van der Waals surface area contributed by atoms with E-state index in [1.807, 2.05) is 0 Å². The fraction of sp³-hybridized carbons (Fsp3) is 0.500. The summed E-state index contributed by atoms with van der Waals surface area (Å²) in [5.41, 5.74) is 4.26. The number of hydrogen-bond donors (Lipinski definition) is 1.